The van der Waals surface area contributed by atoms with Crippen molar-refractivity contribution in [2.45, 2.75) is 26.8 Å². The molecule has 6 heteroatoms. The Balaban J connectivity index is 1.47. The molecule has 1 fully saturated rings. The third-order valence-corrected chi connectivity index (χ3v) is 5.48. The minimum Gasteiger partial charge on any atom is -0.378 e. The van der Waals surface area contributed by atoms with E-state index >= 15 is 0 Å². The molecule has 0 radical (unpaired) electrons. The lowest BCUT2D eigenvalue weighted by Crippen LogP contribution is -2.38. The van der Waals surface area contributed by atoms with E-state index < -0.39 is 0 Å². The molecule has 3 aromatic rings. The van der Waals surface area contributed by atoms with Gasteiger partial charge in [0, 0.05) is 42.5 Å². The zero-order chi connectivity index (χ0) is 20.2. The molecule has 2 aromatic heterocycles. The average molecular weight is 390 g/mol. The number of amides is 1. The van der Waals surface area contributed by atoms with E-state index in [2.05, 4.69) is 33.2 Å². The van der Waals surface area contributed by atoms with Crippen LogP contribution in [0.25, 0.3) is 10.9 Å². The third kappa shape index (κ3) is 4.22. The van der Waals surface area contributed by atoms with Gasteiger partial charge in [-0.2, -0.15) is 0 Å². The molecule has 1 N–H and O–H groups in total. The van der Waals surface area contributed by atoms with Crippen LogP contribution in [0.2, 0.25) is 0 Å². The molecule has 29 heavy (non-hydrogen) atoms. The maximum atomic E-state index is 12.7. The van der Waals surface area contributed by atoms with Crippen LogP contribution in [0, 0.1) is 13.8 Å². The number of fused-ring (bicyclic) bond motifs is 1. The predicted octanol–water partition coefficient (Wildman–Crippen LogP) is 2.94. The van der Waals surface area contributed by atoms with Crippen molar-refractivity contribution in [3.8, 4) is 0 Å². The first-order valence-corrected chi connectivity index (χ1v) is 10.0. The fourth-order valence-corrected chi connectivity index (χ4v) is 3.88. The maximum absolute atomic E-state index is 12.7. The number of nitrogens with one attached hydrogen (secondary N) is 1. The number of pyridine rings is 2. The van der Waals surface area contributed by atoms with E-state index in [0.29, 0.717) is 26.2 Å². The Kier molecular flexibility index (Phi) is 5.71. The summed E-state index contributed by atoms with van der Waals surface area (Å²) >= 11 is 0. The Labute approximate surface area is 170 Å². The number of para-hydroxylation sites is 1. The van der Waals surface area contributed by atoms with Gasteiger partial charge in [-0.25, -0.2) is 4.98 Å². The van der Waals surface area contributed by atoms with Gasteiger partial charge in [-0.3, -0.25) is 9.78 Å². The number of carbonyl (C=O) groups is 1. The molecule has 1 aliphatic rings. The molecule has 0 aliphatic carbocycles. The van der Waals surface area contributed by atoms with Crippen molar-refractivity contribution in [2.75, 3.05) is 31.2 Å². The number of rotatable bonds is 5. The summed E-state index contributed by atoms with van der Waals surface area (Å²) in [6.07, 6.45) is 2.12. The summed E-state index contributed by atoms with van der Waals surface area (Å²) in [5, 5.41) is 4.16. The molecule has 6 nitrogen and oxygen atoms in total. The summed E-state index contributed by atoms with van der Waals surface area (Å²) in [4.78, 5) is 24.1. The summed E-state index contributed by atoms with van der Waals surface area (Å²) in [5.74, 6) is 0.917. The van der Waals surface area contributed by atoms with Crippen LogP contribution < -0.4 is 10.2 Å². The summed E-state index contributed by atoms with van der Waals surface area (Å²) < 4.78 is 5.43. The highest BCUT2D eigenvalue weighted by Crippen LogP contribution is 2.23. The van der Waals surface area contributed by atoms with E-state index in [-0.39, 0.29) is 5.91 Å². The number of aryl methyl sites for hydroxylation is 2. The molecule has 0 saturated carbocycles. The number of carbonyl (C=O) groups excluding carboxylic acids is 1. The Hall–Kier alpha value is -2.99. The SMILES string of the molecule is Cc1nc2ccccc2c(C)c1CC(=O)NCc1cccnc1N1CCOCC1. The standard InChI is InChI=1S/C23H26N4O2/c1-16-19-7-3-4-8-21(19)26-17(2)20(16)14-22(28)25-15-18-6-5-9-24-23(18)27-10-12-29-13-11-27/h3-9H,10-15H2,1-2H3,(H,25,28). The molecular weight excluding hydrogens is 364 g/mol. The highest BCUT2D eigenvalue weighted by atomic mass is 16.5. The summed E-state index contributed by atoms with van der Waals surface area (Å²) in [5.41, 5.74) is 5.02. The molecule has 1 amide bonds. The number of hydrogen-bond acceptors (Lipinski definition) is 5. The van der Waals surface area contributed by atoms with Gasteiger partial charge >= 0.3 is 0 Å². The number of nitrogens with zero attached hydrogens (tertiary/aromatic N) is 3. The van der Waals surface area contributed by atoms with E-state index in [9.17, 15) is 4.79 Å². The number of aromatic nitrogens is 2. The Morgan fingerprint density at radius 1 is 1.14 bits per heavy atom. The van der Waals surface area contributed by atoms with Crippen LogP contribution in [0.1, 0.15) is 22.4 Å². The zero-order valence-corrected chi connectivity index (χ0v) is 16.9. The van der Waals surface area contributed by atoms with Gasteiger partial charge < -0.3 is 15.0 Å². The minimum atomic E-state index is -0.00920. The molecule has 0 spiro atoms. The van der Waals surface area contributed by atoms with Gasteiger partial charge in [0.05, 0.1) is 25.2 Å². The summed E-state index contributed by atoms with van der Waals surface area (Å²) in [6, 6.07) is 12.0. The molecule has 0 bridgehead atoms. The van der Waals surface area contributed by atoms with Crippen LogP contribution in [-0.4, -0.2) is 42.2 Å². The first-order chi connectivity index (χ1) is 14.1. The molecule has 1 saturated heterocycles. The quantitative estimate of drug-likeness (QED) is 0.726. The fourth-order valence-electron chi connectivity index (χ4n) is 3.88. The third-order valence-electron chi connectivity index (χ3n) is 5.48. The summed E-state index contributed by atoms with van der Waals surface area (Å²) in [6.45, 7) is 7.54. The van der Waals surface area contributed by atoms with Gasteiger partial charge in [0.2, 0.25) is 5.91 Å². The monoisotopic (exact) mass is 390 g/mol. The lowest BCUT2D eigenvalue weighted by molar-refractivity contribution is -0.120. The number of morpholine rings is 1. The maximum Gasteiger partial charge on any atom is 0.224 e. The molecule has 0 atom stereocenters. The second kappa shape index (κ2) is 8.57. The molecular formula is C23H26N4O2. The molecule has 0 unspecified atom stereocenters. The first-order valence-electron chi connectivity index (χ1n) is 10.0. The molecule has 1 aromatic carbocycles. The molecule has 3 heterocycles. The van der Waals surface area contributed by atoms with Gasteiger partial charge in [-0.1, -0.05) is 24.3 Å². The van der Waals surface area contributed by atoms with Crippen molar-refractivity contribution in [3.63, 3.8) is 0 Å². The topological polar surface area (TPSA) is 67.4 Å². The highest BCUT2D eigenvalue weighted by molar-refractivity contribution is 5.86. The van der Waals surface area contributed by atoms with Gasteiger partial charge in [0.25, 0.3) is 0 Å². The van der Waals surface area contributed by atoms with E-state index in [4.69, 9.17) is 4.74 Å². The second-order valence-electron chi connectivity index (χ2n) is 7.36. The van der Waals surface area contributed by atoms with Crippen molar-refractivity contribution in [2.24, 2.45) is 0 Å². The summed E-state index contributed by atoms with van der Waals surface area (Å²) in [7, 11) is 0. The Morgan fingerprint density at radius 2 is 1.93 bits per heavy atom. The van der Waals surface area contributed by atoms with Crippen LogP contribution in [0.3, 0.4) is 0 Å². The van der Waals surface area contributed by atoms with E-state index in [1.54, 1.807) is 6.20 Å². The minimum absolute atomic E-state index is 0.00920. The number of hydrogen-bond donors (Lipinski definition) is 1. The van der Waals surface area contributed by atoms with Crippen molar-refractivity contribution in [3.05, 3.63) is 65.0 Å². The van der Waals surface area contributed by atoms with E-state index in [0.717, 1.165) is 52.2 Å². The van der Waals surface area contributed by atoms with Crippen LogP contribution in [0.15, 0.2) is 42.6 Å². The van der Waals surface area contributed by atoms with Crippen LogP contribution >= 0.6 is 0 Å². The molecule has 1 aliphatic heterocycles. The van der Waals surface area contributed by atoms with Crippen molar-refractivity contribution in [1.82, 2.24) is 15.3 Å². The van der Waals surface area contributed by atoms with Crippen molar-refractivity contribution >= 4 is 22.6 Å². The molecule has 150 valence electrons. The predicted molar refractivity (Wildman–Crippen MR) is 114 cm³/mol. The van der Waals surface area contributed by atoms with E-state index in [1.807, 2.05) is 37.3 Å². The second-order valence-corrected chi connectivity index (χ2v) is 7.36. The van der Waals surface area contributed by atoms with E-state index in [1.165, 1.54) is 0 Å². The van der Waals surface area contributed by atoms with Crippen LogP contribution in [0.5, 0.6) is 0 Å². The normalized spacial score (nSPS) is 14.2. The number of anilines is 1. The largest absolute Gasteiger partial charge is 0.378 e. The van der Waals surface area contributed by atoms with Crippen LogP contribution in [-0.2, 0) is 22.5 Å². The Bertz CT molecular complexity index is 1030. The van der Waals surface area contributed by atoms with Gasteiger partial charge in [-0.05, 0) is 37.1 Å². The smallest absolute Gasteiger partial charge is 0.224 e. The van der Waals surface area contributed by atoms with Gasteiger partial charge in [0.15, 0.2) is 0 Å². The van der Waals surface area contributed by atoms with Gasteiger partial charge in [-0.15, -0.1) is 0 Å². The highest BCUT2D eigenvalue weighted by Gasteiger charge is 2.17. The van der Waals surface area contributed by atoms with Crippen molar-refractivity contribution in [1.29, 1.82) is 0 Å². The fraction of sp³-hybridized carbons (Fsp3) is 0.348. The molecule has 4 rings (SSSR count). The zero-order valence-electron chi connectivity index (χ0n) is 16.9. The van der Waals surface area contributed by atoms with Crippen LogP contribution in [0.4, 0.5) is 5.82 Å². The lowest BCUT2D eigenvalue weighted by atomic mass is 9.99. The van der Waals surface area contributed by atoms with Crippen molar-refractivity contribution < 1.29 is 9.53 Å². The average Bonchev–Trinajstić information content (AvgIpc) is 2.76. The lowest BCUT2D eigenvalue weighted by Gasteiger charge is -2.29. The Morgan fingerprint density at radius 3 is 2.76 bits per heavy atom. The first kappa shape index (κ1) is 19.3. The number of ether oxygens (including phenoxy) is 1. The van der Waals surface area contributed by atoms with Gasteiger partial charge in [0.1, 0.15) is 5.82 Å². The number of benzene rings is 1.